The number of hydrogen-bond acceptors (Lipinski definition) is 5. The van der Waals surface area contributed by atoms with Gasteiger partial charge in [0.05, 0.1) is 11.3 Å². The third kappa shape index (κ3) is 1.82. The second-order valence-corrected chi connectivity index (χ2v) is 4.31. The van der Waals surface area contributed by atoms with Gasteiger partial charge >= 0.3 is 0 Å². The van der Waals surface area contributed by atoms with Crippen LogP contribution >= 0.6 is 0 Å². The van der Waals surface area contributed by atoms with Gasteiger partial charge < -0.3 is 9.47 Å². The summed E-state index contributed by atoms with van der Waals surface area (Å²) in [4.78, 5) is 4.08. The first kappa shape index (κ1) is 12.0. The molecule has 2 heterocycles. The number of hydrogen-bond donors (Lipinski definition) is 0. The van der Waals surface area contributed by atoms with Crippen LogP contribution in [0.1, 0.15) is 17.0 Å². The van der Waals surface area contributed by atoms with Crippen LogP contribution < -0.4 is 9.47 Å². The quantitative estimate of drug-likeness (QED) is 0.789. The molecular weight excluding hydrogens is 254 g/mol. The summed E-state index contributed by atoms with van der Waals surface area (Å²) in [6.07, 6.45) is 0. The van der Waals surface area contributed by atoms with E-state index in [1.807, 2.05) is 12.1 Å². The summed E-state index contributed by atoms with van der Waals surface area (Å²) >= 11 is 0. The van der Waals surface area contributed by atoms with E-state index in [0.717, 1.165) is 5.56 Å². The van der Waals surface area contributed by atoms with Crippen LogP contribution in [0.2, 0.25) is 0 Å². The lowest BCUT2D eigenvalue weighted by Crippen LogP contribution is -1.96. The molecule has 5 nitrogen and oxygen atoms in total. The van der Waals surface area contributed by atoms with E-state index in [2.05, 4.69) is 11.1 Å². The van der Waals surface area contributed by atoms with Crippen molar-refractivity contribution in [1.82, 2.24) is 4.98 Å². The molecule has 1 aromatic carbocycles. The van der Waals surface area contributed by atoms with Gasteiger partial charge in [0.1, 0.15) is 17.8 Å². The normalized spacial score (nSPS) is 11.8. The molecule has 0 atom stereocenters. The van der Waals surface area contributed by atoms with Crippen molar-refractivity contribution >= 4 is 0 Å². The van der Waals surface area contributed by atoms with Crippen LogP contribution in [0.15, 0.2) is 24.3 Å². The van der Waals surface area contributed by atoms with Crippen LogP contribution in [0.4, 0.5) is 0 Å². The highest BCUT2D eigenvalue weighted by Gasteiger charge is 2.17. The van der Waals surface area contributed by atoms with Gasteiger partial charge in [0.25, 0.3) is 0 Å². The Morgan fingerprint density at radius 3 is 2.65 bits per heavy atom. The average Bonchev–Trinajstić information content (AvgIpc) is 2.93. The second-order valence-electron chi connectivity index (χ2n) is 4.31. The molecule has 0 saturated carbocycles. The van der Waals surface area contributed by atoms with Crippen LogP contribution in [0.5, 0.6) is 11.5 Å². The lowest BCUT2D eigenvalue weighted by molar-refractivity contribution is 0.174. The molecule has 96 valence electrons. The van der Waals surface area contributed by atoms with Crippen LogP contribution in [0.25, 0.3) is 11.1 Å². The number of fused-ring (bicyclic) bond motifs is 1. The van der Waals surface area contributed by atoms with Gasteiger partial charge in [0.2, 0.25) is 6.79 Å². The molecule has 1 aliphatic heterocycles. The van der Waals surface area contributed by atoms with E-state index in [-0.39, 0.29) is 12.5 Å². The summed E-state index contributed by atoms with van der Waals surface area (Å²) in [5, 5.41) is 18.3. The minimum atomic E-state index is 0.197. The molecule has 0 aliphatic carbocycles. The standard InChI is InChI=1S/C15H9N3O2/c1-9-13(7-17)12(5-11(6-16)18-9)10-2-3-14-15(4-10)20-8-19-14/h2-5H,8H2,1H3. The summed E-state index contributed by atoms with van der Waals surface area (Å²) in [5.74, 6) is 1.32. The Bertz CT molecular complexity index is 785. The van der Waals surface area contributed by atoms with E-state index in [4.69, 9.17) is 14.7 Å². The summed E-state index contributed by atoms with van der Waals surface area (Å²) in [6, 6.07) is 11.2. The number of benzene rings is 1. The smallest absolute Gasteiger partial charge is 0.231 e. The summed E-state index contributed by atoms with van der Waals surface area (Å²) < 4.78 is 10.6. The maximum absolute atomic E-state index is 9.29. The van der Waals surface area contributed by atoms with Crippen LogP contribution in [0, 0.1) is 29.6 Å². The van der Waals surface area contributed by atoms with Crippen molar-refractivity contribution in [3.05, 3.63) is 41.2 Å². The largest absolute Gasteiger partial charge is 0.454 e. The number of nitrogens with zero attached hydrogens (tertiary/aromatic N) is 3. The molecule has 5 heteroatoms. The molecule has 0 N–H and O–H groups in total. The molecule has 3 rings (SSSR count). The van der Waals surface area contributed by atoms with Crippen molar-refractivity contribution in [3.8, 4) is 34.8 Å². The molecule has 20 heavy (non-hydrogen) atoms. The number of rotatable bonds is 1. The number of ether oxygens (including phenoxy) is 2. The molecule has 2 aromatic rings. The lowest BCUT2D eigenvalue weighted by Gasteiger charge is -2.08. The van der Waals surface area contributed by atoms with Gasteiger partial charge in [0.15, 0.2) is 11.5 Å². The van der Waals surface area contributed by atoms with Crippen LogP contribution in [-0.2, 0) is 0 Å². The highest BCUT2D eigenvalue weighted by molar-refractivity contribution is 5.74. The molecule has 0 amide bonds. The van der Waals surface area contributed by atoms with Gasteiger partial charge in [-0.15, -0.1) is 0 Å². The second kappa shape index (κ2) is 4.56. The molecular formula is C15H9N3O2. The molecule has 0 unspecified atom stereocenters. The maximum Gasteiger partial charge on any atom is 0.231 e. The minimum Gasteiger partial charge on any atom is -0.454 e. The Kier molecular flexibility index (Phi) is 2.74. The van der Waals surface area contributed by atoms with Crippen molar-refractivity contribution in [2.75, 3.05) is 6.79 Å². The highest BCUT2D eigenvalue weighted by Crippen LogP contribution is 2.37. The van der Waals surface area contributed by atoms with Gasteiger partial charge in [-0.3, -0.25) is 0 Å². The van der Waals surface area contributed by atoms with Crippen molar-refractivity contribution < 1.29 is 9.47 Å². The summed E-state index contributed by atoms with van der Waals surface area (Å²) in [6.45, 7) is 1.92. The summed E-state index contributed by atoms with van der Waals surface area (Å²) in [7, 11) is 0. The zero-order chi connectivity index (χ0) is 14.1. The average molecular weight is 263 g/mol. The fraction of sp³-hybridized carbons (Fsp3) is 0.133. The van der Waals surface area contributed by atoms with Crippen molar-refractivity contribution in [3.63, 3.8) is 0 Å². The monoisotopic (exact) mass is 263 g/mol. The topological polar surface area (TPSA) is 78.9 Å². The SMILES string of the molecule is Cc1nc(C#N)cc(-c2ccc3c(c2)OCO3)c1C#N. The third-order valence-electron chi connectivity index (χ3n) is 3.11. The Balaban J connectivity index is 2.22. The van der Waals surface area contributed by atoms with Crippen LogP contribution in [0.3, 0.4) is 0 Å². The minimum absolute atomic E-state index is 0.197. The molecule has 0 spiro atoms. The van der Waals surface area contributed by atoms with E-state index in [1.165, 1.54) is 0 Å². The Hall–Kier alpha value is -3.05. The first-order valence-electron chi connectivity index (χ1n) is 5.95. The fourth-order valence-electron chi connectivity index (χ4n) is 2.16. The number of aromatic nitrogens is 1. The molecule has 0 saturated heterocycles. The number of nitriles is 2. The molecule has 0 fully saturated rings. The Morgan fingerprint density at radius 2 is 1.90 bits per heavy atom. The Labute approximate surface area is 115 Å². The Morgan fingerprint density at radius 1 is 1.10 bits per heavy atom. The van der Waals surface area contributed by atoms with Gasteiger partial charge in [-0.1, -0.05) is 6.07 Å². The van der Waals surface area contributed by atoms with Crippen molar-refractivity contribution in [1.29, 1.82) is 10.5 Å². The zero-order valence-electron chi connectivity index (χ0n) is 10.7. The highest BCUT2D eigenvalue weighted by atomic mass is 16.7. The van der Waals surface area contributed by atoms with E-state index < -0.39 is 0 Å². The zero-order valence-corrected chi connectivity index (χ0v) is 10.7. The van der Waals surface area contributed by atoms with Crippen molar-refractivity contribution in [2.45, 2.75) is 6.92 Å². The van der Waals surface area contributed by atoms with Gasteiger partial charge in [-0.05, 0) is 30.7 Å². The lowest BCUT2D eigenvalue weighted by atomic mass is 9.98. The molecule has 1 aliphatic rings. The van der Waals surface area contributed by atoms with Crippen LogP contribution in [-0.4, -0.2) is 11.8 Å². The molecule has 0 radical (unpaired) electrons. The molecule has 1 aromatic heterocycles. The first-order chi connectivity index (χ1) is 9.72. The maximum atomic E-state index is 9.29. The number of pyridine rings is 1. The first-order valence-corrected chi connectivity index (χ1v) is 5.95. The predicted octanol–water partition coefficient (Wildman–Crippen LogP) is 2.53. The number of aryl methyl sites for hydroxylation is 1. The molecule has 0 bridgehead atoms. The van der Waals surface area contributed by atoms with E-state index in [9.17, 15) is 5.26 Å². The van der Waals surface area contributed by atoms with E-state index in [1.54, 1.807) is 25.1 Å². The third-order valence-corrected chi connectivity index (χ3v) is 3.11. The van der Waals surface area contributed by atoms with Gasteiger partial charge in [-0.2, -0.15) is 10.5 Å². The van der Waals surface area contributed by atoms with Gasteiger partial charge in [0, 0.05) is 5.56 Å². The van der Waals surface area contributed by atoms with E-state index >= 15 is 0 Å². The van der Waals surface area contributed by atoms with Crippen molar-refractivity contribution in [2.24, 2.45) is 0 Å². The van der Waals surface area contributed by atoms with Gasteiger partial charge in [-0.25, -0.2) is 4.98 Å². The summed E-state index contributed by atoms with van der Waals surface area (Å²) in [5.41, 5.74) is 2.76. The fourth-order valence-corrected chi connectivity index (χ4v) is 2.16. The van der Waals surface area contributed by atoms with E-state index in [0.29, 0.717) is 28.3 Å². The predicted molar refractivity (Wildman–Crippen MR) is 70.0 cm³/mol.